The molecule has 6 nitrogen and oxygen atoms in total. The van der Waals surface area contributed by atoms with Crippen LogP contribution in [0.1, 0.15) is 32.1 Å². The zero-order valence-corrected chi connectivity index (χ0v) is 13.2. The van der Waals surface area contributed by atoms with E-state index in [0.29, 0.717) is 31.3 Å². The molecule has 2 saturated heterocycles. The van der Waals surface area contributed by atoms with Gasteiger partial charge in [-0.15, -0.1) is 0 Å². The average molecular weight is 328 g/mol. The molecule has 3 fully saturated rings. The van der Waals surface area contributed by atoms with Crippen LogP contribution in [-0.4, -0.2) is 64.9 Å². The first-order valence-corrected chi connectivity index (χ1v) is 8.51. The Morgan fingerprint density at radius 2 is 1.78 bits per heavy atom. The molecule has 3 rings (SSSR count). The molecule has 0 aromatic carbocycles. The molecule has 3 N–H and O–H groups in total. The summed E-state index contributed by atoms with van der Waals surface area (Å²) < 4.78 is 13.9. The first-order chi connectivity index (χ1) is 10.9. The number of hydrogen-bond acceptors (Lipinski definition) is 4. The van der Waals surface area contributed by atoms with Crippen molar-refractivity contribution in [1.82, 2.24) is 10.2 Å². The maximum Gasteiger partial charge on any atom is 0.320 e. The molecule has 0 amide bonds. The number of piperidine rings is 2. The quantitative estimate of drug-likeness (QED) is 0.715. The second-order valence-corrected chi connectivity index (χ2v) is 7.34. The number of nitrogens with one attached hydrogen (secondary N) is 1. The number of likely N-dealkylation sites (tertiary alicyclic amines) is 1. The minimum atomic E-state index is -1.08. The number of carboxylic acids is 2. The molecule has 23 heavy (non-hydrogen) atoms. The van der Waals surface area contributed by atoms with Gasteiger partial charge in [-0.25, -0.2) is 4.39 Å². The number of aliphatic carboxylic acids is 2. The monoisotopic (exact) mass is 328 g/mol. The molecule has 7 heteroatoms. The minimum Gasteiger partial charge on any atom is -0.481 e. The second-order valence-electron chi connectivity index (χ2n) is 7.34. The van der Waals surface area contributed by atoms with Crippen molar-refractivity contribution >= 4 is 11.9 Å². The Labute approximate surface area is 135 Å². The first-order valence-electron chi connectivity index (χ1n) is 8.51. The van der Waals surface area contributed by atoms with Gasteiger partial charge in [0.15, 0.2) is 0 Å². The van der Waals surface area contributed by atoms with E-state index in [9.17, 15) is 24.2 Å². The predicted molar refractivity (Wildman–Crippen MR) is 80.9 cm³/mol. The van der Waals surface area contributed by atoms with Gasteiger partial charge in [-0.2, -0.15) is 0 Å². The third kappa shape index (κ3) is 3.66. The molecule has 2 heterocycles. The van der Waals surface area contributed by atoms with Crippen molar-refractivity contribution in [2.45, 2.75) is 50.4 Å². The van der Waals surface area contributed by atoms with Gasteiger partial charge in [0, 0.05) is 19.1 Å². The molecule has 1 aliphatic carbocycles. The fraction of sp³-hybridized carbons (Fsp3) is 0.875. The van der Waals surface area contributed by atoms with Crippen LogP contribution in [0.2, 0.25) is 0 Å². The lowest BCUT2D eigenvalue weighted by Gasteiger charge is -2.46. The number of nitrogens with zero attached hydrogens (tertiary/aromatic N) is 1. The van der Waals surface area contributed by atoms with E-state index < -0.39 is 30.1 Å². The summed E-state index contributed by atoms with van der Waals surface area (Å²) in [7, 11) is 0. The SMILES string of the molecule is O=C(O)[C@@H]1C[C@H](F)CN([C@H]2CC[C@H]3CN[C@H](C(=O)O)C[C@H]3C2)C1. The van der Waals surface area contributed by atoms with Crippen molar-refractivity contribution in [2.75, 3.05) is 19.6 Å². The van der Waals surface area contributed by atoms with E-state index >= 15 is 0 Å². The van der Waals surface area contributed by atoms with Crippen LogP contribution in [0, 0.1) is 17.8 Å². The summed E-state index contributed by atoms with van der Waals surface area (Å²) >= 11 is 0. The molecular formula is C16H25FN2O4. The first kappa shape index (κ1) is 16.6. The summed E-state index contributed by atoms with van der Waals surface area (Å²) in [4.78, 5) is 24.4. The number of rotatable bonds is 3. The maximum atomic E-state index is 13.9. The molecule has 130 valence electrons. The van der Waals surface area contributed by atoms with Gasteiger partial charge in [-0.3, -0.25) is 14.5 Å². The highest BCUT2D eigenvalue weighted by atomic mass is 19.1. The average Bonchev–Trinajstić information content (AvgIpc) is 2.53. The maximum absolute atomic E-state index is 13.9. The van der Waals surface area contributed by atoms with Crippen molar-refractivity contribution in [1.29, 1.82) is 0 Å². The normalized spacial score (nSPS) is 42.0. The number of carboxylic acid groups (broad SMARTS) is 2. The molecule has 0 radical (unpaired) electrons. The van der Waals surface area contributed by atoms with Crippen molar-refractivity contribution in [3.63, 3.8) is 0 Å². The Hall–Kier alpha value is -1.21. The highest BCUT2D eigenvalue weighted by Crippen LogP contribution is 2.38. The molecule has 0 spiro atoms. The fourth-order valence-corrected chi connectivity index (χ4v) is 4.61. The van der Waals surface area contributed by atoms with Crippen molar-refractivity contribution in [2.24, 2.45) is 17.8 Å². The standard InChI is InChI=1S/C16H25FN2O4/c17-12-3-11(15(20)21)7-19(8-12)13-2-1-9-6-18-14(16(22)23)5-10(9)4-13/h9-14,18H,1-8H2,(H,20,21)(H,22,23)/t9-,10+,11+,12-,13-,14-/m0/s1. The summed E-state index contributed by atoms with van der Waals surface area (Å²) in [5, 5.41) is 21.5. The van der Waals surface area contributed by atoms with Crippen LogP contribution in [0.25, 0.3) is 0 Å². The highest BCUT2D eigenvalue weighted by Gasteiger charge is 2.41. The van der Waals surface area contributed by atoms with Crippen LogP contribution >= 0.6 is 0 Å². The summed E-state index contributed by atoms with van der Waals surface area (Å²) in [6.45, 7) is 1.46. The Bertz CT molecular complexity index is 475. The zero-order valence-electron chi connectivity index (χ0n) is 13.2. The molecule has 0 aromatic rings. The van der Waals surface area contributed by atoms with Crippen LogP contribution in [0.5, 0.6) is 0 Å². The fourth-order valence-electron chi connectivity index (χ4n) is 4.61. The van der Waals surface area contributed by atoms with E-state index in [1.54, 1.807) is 0 Å². The largest absolute Gasteiger partial charge is 0.481 e. The van der Waals surface area contributed by atoms with Crippen molar-refractivity contribution < 1.29 is 24.2 Å². The smallest absolute Gasteiger partial charge is 0.320 e. The van der Waals surface area contributed by atoms with Gasteiger partial charge in [0.05, 0.1) is 5.92 Å². The Morgan fingerprint density at radius 3 is 2.48 bits per heavy atom. The Kier molecular flexibility index (Phi) is 4.87. The molecule has 0 aromatic heterocycles. The van der Waals surface area contributed by atoms with Gasteiger partial charge < -0.3 is 15.5 Å². The molecule has 0 bridgehead atoms. The topological polar surface area (TPSA) is 89.9 Å². The van der Waals surface area contributed by atoms with E-state index in [1.165, 1.54) is 0 Å². The molecule has 2 aliphatic heterocycles. The van der Waals surface area contributed by atoms with E-state index in [0.717, 1.165) is 25.8 Å². The number of alkyl halides is 1. The Morgan fingerprint density at radius 1 is 1.00 bits per heavy atom. The van der Waals surface area contributed by atoms with E-state index in [2.05, 4.69) is 5.32 Å². The van der Waals surface area contributed by atoms with Crippen LogP contribution in [0.3, 0.4) is 0 Å². The lowest BCUT2D eigenvalue weighted by atomic mass is 9.71. The molecule has 3 aliphatic rings. The molecule has 0 unspecified atom stereocenters. The van der Waals surface area contributed by atoms with Crippen LogP contribution < -0.4 is 5.32 Å². The summed E-state index contributed by atoms with van der Waals surface area (Å²) in [6.07, 6.45) is 2.44. The predicted octanol–water partition coefficient (Wildman–Crippen LogP) is 0.962. The van der Waals surface area contributed by atoms with E-state index in [1.807, 2.05) is 4.90 Å². The van der Waals surface area contributed by atoms with Gasteiger partial charge in [0.25, 0.3) is 0 Å². The van der Waals surface area contributed by atoms with Crippen molar-refractivity contribution in [3.8, 4) is 0 Å². The third-order valence-electron chi connectivity index (χ3n) is 5.87. The van der Waals surface area contributed by atoms with E-state index in [4.69, 9.17) is 0 Å². The molecule has 1 saturated carbocycles. The zero-order chi connectivity index (χ0) is 16.6. The summed E-state index contributed by atoms with van der Waals surface area (Å²) in [5.41, 5.74) is 0. The van der Waals surface area contributed by atoms with Gasteiger partial charge >= 0.3 is 11.9 Å². The number of hydrogen-bond donors (Lipinski definition) is 3. The number of carbonyl (C=O) groups is 2. The number of fused-ring (bicyclic) bond motifs is 1. The van der Waals surface area contributed by atoms with Gasteiger partial charge in [0.2, 0.25) is 0 Å². The second kappa shape index (κ2) is 6.73. The van der Waals surface area contributed by atoms with E-state index in [-0.39, 0.29) is 12.5 Å². The van der Waals surface area contributed by atoms with Gasteiger partial charge in [0.1, 0.15) is 12.2 Å². The lowest BCUT2D eigenvalue weighted by molar-refractivity contribution is -0.146. The third-order valence-corrected chi connectivity index (χ3v) is 5.87. The van der Waals surface area contributed by atoms with Gasteiger partial charge in [-0.1, -0.05) is 0 Å². The molecular weight excluding hydrogens is 303 g/mol. The van der Waals surface area contributed by atoms with Crippen LogP contribution in [0.4, 0.5) is 4.39 Å². The molecule has 6 atom stereocenters. The summed E-state index contributed by atoms with van der Waals surface area (Å²) in [6, 6.07) is -0.304. The van der Waals surface area contributed by atoms with Crippen molar-refractivity contribution in [3.05, 3.63) is 0 Å². The van der Waals surface area contributed by atoms with Crippen LogP contribution in [0.15, 0.2) is 0 Å². The highest BCUT2D eigenvalue weighted by molar-refractivity contribution is 5.73. The summed E-state index contributed by atoms with van der Waals surface area (Å²) in [5.74, 6) is -1.53. The lowest BCUT2D eigenvalue weighted by Crippen LogP contribution is -2.54. The van der Waals surface area contributed by atoms with Crippen LogP contribution in [-0.2, 0) is 9.59 Å². The Balaban J connectivity index is 1.63. The van der Waals surface area contributed by atoms with Gasteiger partial charge in [-0.05, 0) is 50.5 Å². The number of halogens is 1. The minimum absolute atomic E-state index is 0.107.